The number of carboxylic acid groups (broad SMARTS) is 1. The van der Waals surface area contributed by atoms with Gasteiger partial charge in [0, 0.05) is 35.9 Å². The molecule has 0 fully saturated rings. The molecule has 1 atom stereocenters. The van der Waals surface area contributed by atoms with Gasteiger partial charge in [-0.05, 0) is 29.8 Å². The van der Waals surface area contributed by atoms with Crippen LogP contribution in [0, 0.1) is 0 Å². The molecule has 31 heavy (non-hydrogen) atoms. The number of H-pyrrole nitrogens is 1. The fraction of sp³-hybridized carbons (Fsp3) is 0.238. The highest BCUT2D eigenvalue weighted by atomic mass is 16.5. The Labute approximate surface area is 178 Å². The van der Waals surface area contributed by atoms with Gasteiger partial charge in [-0.1, -0.05) is 0 Å². The van der Waals surface area contributed by atoms with Gasteiger partial charge in [-0.2, -0.15) is 5.10 Å². The second kappa shape index (κ2) is 9.61. The summed E-state index contributed by atoms with van der Waals surface area (Å²) in [5.41, 5.74) is 3.52. The number of carbonyl (C=O) groups is 2. The minimum absolute atomic E-state index is 0.0720. The number of nitrogens with zero attached hydrogens (tertiary/aromatic N) is 2. The summed E-state index contributed by atoms with van der Waals surface area (Å²) in [6, 6.07) is 7.54. The Morgan fingerprint density at radius 3 is 2.26 bits per heavy atom. The van der Waals surface area contributed by atoms with Crippen LogP contribution in [0.2, 0.25) is 0 Å². The van der Waals surface area contributed by atoms with Crippen molar-refractivity contribution in [2.45, 2.75) is 12.3 Å². The minimum Gasteiger partial charge on any atom is -0.493 e. The van der Waals surface area contributed by atoms with Gasteiger partial charge in [-0.3, -0.25) is 19.7 Å². The minimum atomic E-state index is -0.250. The Bertz CT molecular complexity index is 1040. The van der Waals surface area contributed by atoms with Crippen molar-refractivity contribution in [1.82, 2.24) is 15.2 Å². The third kappa shape index (κ3) is 4.27. The Kier molecular flexibility index (Phi) is 6.71. The molecule has 0 radical (unpaired) electrons. The molecule has 10 heteroatoms. The quantitative estimate of drug-likeness (QED) is 0.530. The molecule has 1 amide bonds. The topological polar surface area (TPSA) is 136 Å². The molecule has 4 rings (SSSR count). The number of hydrogen-bond acceptors (Lipinski definition) is 7. The van der Waals surface area contributed by atoms with Crippen LogP contribution in [0.3, 0.4) is 0 Å². The van der Waals surface area contributed by atoms with Crippen LogP contribution in [-0.2, 0) is 9.59 Å². The van der Waals surface area contributed by atoms with Gasteiger partial charge in [0.1, 0.15) is 0 Å². The smallest absolute Gasteiger partial charge is 0.290 e. The summed E-state index contributed by atoms with van der Waals surface area (Å²) in [5, 5.41) is 17.1. The number of ether oxygens (including phenoxy) is 3. The lowest BCUT2D eigenvalue weighted by atomic mass is 9.85. The van der Waals surface area contributed by atoms with Gasteiger partial charge < -0.3 is 24.6 Å². The van der Waals surface area contributed by atoms with E-state index in [0.717, 1.165) is 22.4 Å². The van der Waals surface area contributed by atoms with Crippen molar-refractivity contribution in [2.75, 3.05) is 26.6 Å². The molecule has 0 saturated heterocycles. The monoisotopic (exact) mass is 426 g/mol. The van der Waals surface area contributed by atoms with Crippen LogP contribution >= 0.6 is 0 Å². The van der Waals surface area contributed by atoms with Gasteiger partial charge in [0.05, 0.1) is 27.0 Å². The predicted octanol–water partition coefficient (Wildman–Crippen LogP) is 2.67. The zero-order chi connectivity index (χ0) is 22.4. The zero-order valence-corrected chi connectivity index (χ0v) is 17.2. The fourth-order valence-electron chi connectivity index (χ4n) is 3.58. The molecule has 2 aromatic heterocycles. The molecule has 1 aromatic carbocycles. The number of benzene rings is 1. The molecule has 162 valence electrons. The average Bonchev–Trinajstić information content (AvgIpc) is 3.22. The zero-order valence-electron chi connectivity index (χ0n) is 17.2. The lowest BCUT2D eigenvalue weighted by Crippen LogP contribution is -2.23. The van der Waals surface area contributed by atoms with Crippen LogP contribution < -0.4 is 19.5 Å². The number of hydrogen-bond donors (Lipinski definition) is 3. The molecule has 0 bridgehead atoms. The van der Waals surface area contributed by atoms with Crippen LogP contribution in [0.4, 0.5) is 5.82 Å². The molecular weight excluding hydrogens is 404 g/mol. The summed E-state index contributed by atoms with van der Waals surface area (Å²) < 4.78 is 16.4. The Hall–Kier alpha value is -4.08. The number of methoxy groups -OCH3 is 3. The maximum atomic E-state index is 12.2. The summed E-state index contributed by atoms with van der Waals surface area (Å²) in [4.78, 5) is 24.6. The maximum Gasteiger partial charge on any atom is 0.290 e. The Balaban J connectivity index is 0.000000858. The number of amides is 1. The Morgan fingerprint density at radius 2 is 1.71 bits per heavy atom. The van der Waals surface area contributed by atoms with E-state index < -0.39 is 0 Å². The predicted molar refractivity (Wildman–Crippen MR) is 112 cm³/mol. The number of pyridine rings is 1. The number of anilines is 1. The van der Waals surface area contributed by atoms with Gasteiger partial charge in [-0.15, -0.1) is 0 Å². The van der Waals surface area contributed by atoms with Crippen molar-refractivity contribution < 1.29 is 28.9 Å². The SMILES string of the molecule is COc1cc(-c2[nH]nc3c2C(c2ccncc2)CC(=O)N3)cc(OC)c1OC.O=CO. The lowest BCUT2D eigenvalue weighted by molar-refractivity contribution is -0.123. The van der Waals surface area contributed by atoms with E-state index in [0.29, 0.717) is 29.5 Å². The highest BCUT2D eigenvalue weighted by Gasteiger charge is 2.32. The molecule has 0 spiro atoms. The number of rotatable bonds is 5. The van der Waals surface area contributed by atoms with E-state index in [9.17, 15) is 4.79 Å². The average molecular weight is 426 g/mol. The van der Waals surface area contributed by atoms with Crippen molar-refractivity contribution in [3.05, 3.63) is 47.8 Å². The van der Waals surface area contributed by atoms with Gasteiger partial charge in [-0.25, -0.2) is 0 Å². The van der Waals surface area contributed by atoms with Crippen molar-refractivity contribution in [3.63, 3.8) is 0 Å². The van der Waals surface area contributed by atoms with Gasteiger partial charge in [0.25, 0.3) is 6.47 Å². The van der Waals surface area contributed by atoms with E-state index in [1.54, 1.807) is 33.7 Å². The van der Waals surface area contributed by atoms with Crippen molar-refractivity contribution >= 4 is 18.2 Å². The van der Waals surface area contributed by atoms with Crippen molar-refractivity contribution in [2.24, 2.45) is 0 Å². The number of aromatic nitrogens is 3. The standard InChI is InChI=1S/C20H20N4O4.CH2O2/c1-26-14-8-12(9-15(27-2)19(14)28-3)18-17-13(11-4-6-21-7-5-11)10-16(25)22-20(17)24-23-18;2-1-3/h4-9,13H,10H2,1-3H3,(H2,22,23,24,25);1H,(H,2,3). The van der Waals surface area contributed by atoms with Gasteiger partial charge in [0.15, 0.2) is 17.3 Å². The van der Waals surface area contributed by atoms with Crippen molar-refractivity contribution in [1.29, 1.82) is 0 Å². The van der Waals surface area contributed by atoms with Crippen LogP contribution in [0.5, 0.6) is 17.2 Å². The highest BCUT2D eigenvalue weighted by Crippen LogP contribution is 2.45. The summed E-state index contributed by atoms with van der Waals surface area (Å²) in [6.45, 7) is -0.250. The third-order valence-corrected chi connectivity index (χ3v) is 4.86. The third-order valence-electron chi connectivity index (χ3n) is 4.86. The second-order valence-corrected chi connectivity index (χ2v) is 6.47. The van der Waals surface area contributed by atoms with Crippen LogP contribution in [0.25, 0.3) is 11.3 Å². The number of nitrogens with one attached hydrogen (secondary N) is 2. The normalized spacial score (nSPS) is 14.4. The first-order chi connectivity index (χ1) is 15.1. The summed E-state index contributed by atoms with van der Waals surface area (Å²) in [7, 11) is 4.71. The first kappa shape index (κ1) is 21.6. The fourth-order valence-corrected chi connectivity index (χ4v) is 3.58. The van der Waals surface area contributed by atoms with Gasteiger partial charge in [0.2, 0.25) is 11.7 Å². The number of carbonyl (C=O) groups excluding carboxylic acids is 1. The first-order valence-electron chi connectivity index (χ1n) is 9.24. The van der Waals surface area contributed by atoms with Crippen molar-refractivity contribution in [3.8, 4) is 28.5 Å². The van der Waals surface area contributed by atoms with E-state index >= 15 is 0 Å². The van der Waals surface area contributed by atoms with Crippen LogP contribution in [0.15, 0.2) is 36.7 Å². The molecule has 3 aromatic rings. The maximum absolute atomic E-state index is 12.2. The molecular formula is C21H22N4O6. The van der Waals surface area contributed by atoms with E-state index in [-0.39, 0.29) is 18.3 Å². The lowest BCUT2D eigenvalue weighted by Gasteiger charge is -2.23. The largest absolute Gasteiger partial charge is 0.493 e. The van der Waals surface area contributed by atoms with E-state index in [1.165, 1.54) is 0 Å². The van der Waals surface area contributed by atoms with E-state index in [2.05, 4.69) is 20.5 Å². The van der Waals surface area contributed by atoms with Crippen LogP contribution in [-0.4, -0.2) is 54.0 Å². The molecule has 0 saturated carbocycles. The molecule has 10 nitrogen and oxygen atoms in total. The number of aromatic amines is 1. The second-order valence-electron chi connectivity index (χ2n) is 6.47. The highest BCUT2D eigenvalue weighted by molar-refractivity contribution is 5.96. The molecule has 1 unspecified atom stereocenters. The Morgan fingerprint density at radius 1 is 1.10 bits per heavy atom. The molecule has 0 aliphatic carbocycles. The number of fused-ring (bicyclic) bond motifs is 1. The molecule has 1 aliphatic rings. The summed E-state index contributed by atoms with van der Waals surface area (Å²) in [6.07, 6.45) is 3.77. The van der Waals surface area contributed by atoms with Crippen LogP contribution in [0.1, 0.15) is 23.5 Å². The molecule has 3 heterocycles. The van der Waals surface area contributed by atoms with Gasteiger partial charge >= 0.3 is 0 Å². The molecule has 3 N–H and O–H groups in total. The molecule has 1 aliphatic heterocycles. The summed E-state index contributed by atoms with van der Waals surface area (Å²) in [5.74, 6) is 1.92. The first-order valence-corrected chi connectivity index (χ1v) is 9.24. The summed E-state index contributed by atoms with van der Waals surface area (Å²) >= 11 is 0. The van der Waals surface area contributed by atoms with E-state index in [4.69, 9.17) is 24.1 Å². The van der Waals surface area contributed by atoms with E-state index in [1.807, 2.05) is 24.3 Å².